The summed E-state index contributed by atoms with van der Waals surface area (Å²) in [5.41, 5.74) is 1.92. The molecule has 23 heavy (non-hydrogen) atoms. The van der Waals surface area contributed by atoms with Gasteiger partial charge in [-0.15, -0.1) is 10.2 Å². The lowest BCUT2D eigenvalue weighted by atomic mass is 10.2. The van der Waals surface area contributed by atoms with Crippen LogP contribution in [0.5, 0.6) is 5.75 Å². The molecular weight excluding hydrogens is 316 g/mol. The Hall–Kier alpha value is -2.34. The summed E-state index contributed by atoms with van der Waals surface area (Å²) in [6.07, 6.45) is 0.870. The van der Waals surface area contributed by atoms with E-state index in [9.17, 15) is 4.79 Å². The first-order valence-corrected chi connectivity index (χ1v) is 7.66. The van der Waals surface area contributed by atoms with E-state index >= 15 is 0 Å². The highest BCUT2D eigenvalue weighted by molar-refractivity contribution is 6.31. The highest BCUT2D eigenvalue weighted by atomic mass is 35.5. The Labute approximate surface area is 140 Å². The van der Waals surface area contributed by atoms with E-state index < -0.39 is 0 Å². The first-order valence-electron chi connectivity index (χ1n) is 7.28. The lowest BCUT2D eigenvalue weighted by molar-refractivity contribution is 0.0947. The second-order valence-corrected chi connectivity index (χ2v) is 5.39. The number of aryl methyl sites for hydroxylation is 1. The van der Waals surface area contributed by atoms with E-state index in [-0.39, 0.29) is 11.6 Å². The molecule has 1 aromatic heterocycles. The molecular formula is C16H19ClN4O2. The zero-order chi connectivity index (χ0) is 16.8. The maximum absolute atomic E-state index is 11.8. The molecule has 1 heterocycles. The van der Waals surface area contributed by atoms with E-state index in [0.717, 1.165) is 17.7 Å². The third-order valence-corrected chi connectivity index (χ3v) is 3.58. The normalized spacial score (nSPS) is 10.3. The van der Waals surface area contributed by atoms with E-state index in [1.807, 2.05) is 19.9 Å². The van der Waals surface area contributed by atoms with Crippen LogP contribution < -0.4 is 15.4 Å². The van der Waals surface area contributed by atoms with Gasteiger partial charge in [0.1, 0.15) is 5.75 Å². The molecule has 2 N–H and O–H groups in total. The van der Waals surface area contributed by atoms with Crippen molar-refractivity contribution in [2.75, 3.05) is 19.0 Å². The number of halogens is 1. The van der Waals surface area contributed by atoms with E-state index in [2.05, 4.69) is 20.8 Å². The monoisotopic (exact) mass is 334 g/mol. The number of anilines is 2. The largest absolute Gasteiger partial charge is 0.495 e. The zero-order valence-electron chi connectivity index (χ0n) is 13.3. The predicted octanol–water partition coefficient (Wildman–Crippen LogP) is 3.33. The Bertz CT molecular complexity index is 689. The fourth-order valence-corrected chi connectivity index (χ4v) is 2.07. The lowest BCUT2D eigenvalue weighted by Gasteiger charge is -2.12. The fourth-order valence-electron chi connectivity index (χ4n) is 1.92. The number of carbonyl (C=O) groups is 1. The number of ether oxygens (including phenoxy) is 1. The summed E-state index contributed by atoms with van der Waals surface area (Å²) in [5.74, 6) is 0.884. The number of amides is 1. The average Bonchev–Trinajstić information content (AvgIpc) is 2.56. The fraction of sp³-hybridized carbons (Fsp3) is 0.312. The molecule has 0 fully saturated rings. The van der Waals surface area contributed by atoms with Crippen LogP contribution in [0.4, 0.5) is 11.5 Å². The summed E-state index contributed by atoms with van der Waals surface area (Å²) < 4.78 is 5.30. The summed E-state index contributed by atoms with van der Waals surface area (Å²) in [4.78, 5) is 11.8. The van der Waals surface area contributed by atoms with Crippen LogP contribution in [0.2, 0.25) is 5.02 Å². The van der Waals surface area contributed by atoms with Gasteiger partial charge in [0.2, 0.25) is 0 Å². The van der Waals surface area contributed by atoms with E-state index in [1.54, 1.807) is 25.3 Å². The van der Waals surface area contributed by atoms with Crippen molar-refractivity contribution in [3.8, 4) is 5.75 Å². The molecule has 2 rings (SSSR count). The molecule has 0 saturated heterocycles. The minimum atomic E-state index is -0.231. The topological polar surface area (TPSA) is 76.1 Å². The van der Waals surface area contributed by atoms with Crippen LogP contribution in [0.15, 0.2) is 24.3 Å². The molecule has 0 aliphatic rings. The molecule has 0 aliphatic heterocycles. The Morgan fingerprint density at radius 3 is 2.70 bits per heavy atom. The molecule has 0 bridgehead atoms. The van der Waals surface area contributed by atoms with E-state index in [4.69, 9.17) is 16.3 Å². The van der Waals surface area contributed by atoms with Crippen LogP contribution in [0, 0.1) is 6.92 Å². The first-order chi connectivity index (χ1) is 11.0. The third kappa shape index (κ3) is 4.32. The van der Waals surface area contributed by atoms with Gasteiger partial charge in [-0.1, -0.05) is 18.5 Å². The number of hydrogen-bond acceptors (Lipinski definition) is 5. The molecule has 0 aliphatic carbocycles. The second-order valence-electron chi connectivity index (χ2n) is 4.99. The Morgan fingerprint density at radius 1 is 1.30 bits per heavy atom. The van der Waals surface area contributed by atoms with Crippen LogP contribution in [0.25, 0.3) is 0 Å². The van der Waals surface area contributed by atoms with Gasteiger partial charge in [0.25, 0.3) is 5.91 Å². The number of benzene rings is 1. The van der Waals surface area contributed by atoms with Crippen LogP contribution in [0.1, 0.15) is 29.4 Å². The highest BCUT2D eigenvalue weighted by Crippen LogP contribution is 2.32. The SMILES string of the molecule is CCCNC(=O)c1ccc(Nc2cc(C)c(Cl)cc2OC)nn1. The van der Waals surface area contributed by atoms with Gasteiger partial charge < -0.3 is 15.4 Å². The molecule has 1 amide bonds. The van der Waals surface area contributed by atoms with Gasteiger partial charge in [0.15, 0.2) is 11.5 Å². The van der Waals surface area contributed by atoms with Crippen molar-refractivity contribution in [3.63, 3.8) is 0 Å². The van der Waals surface area contributed by atoms with Crippen LogP contribution in [-0.2, 0) is 0 Å². The van der Waals surface area contributed by atoms with Gasteiger partial charge in [-0.3, -0.25) is 4.79 Å². The number of methoxy groups -OCH3 is 1. The zero-order valence-corrected chi connectivity index (χ0v) is 14.1. The molecule has 6 nitrogen and oxygen atoms in total. The van der Waals surface area contributed by atoms with Gasteiger partial charge >= 0.3 is 0 Å². The van der Waals surface area contributed by atoms with Gasteiger partial charge in [-0.05, 0) is 37.1 Å². The van der Waals surface area contributed by atoms with Crippen LogP contribution >= 0.6 is 11.6 Å². The summed E-state index contributed by atoms with van der Waals surface area (Å²) in [5, 5.41) is 14.4. The third-order valence-electron chi connectivity index (χ3n) is 3.18. The number of nitrogens with zero attached hydrogens (tertiary/aromatic N) is 2. The first kappa shape index (κ1) is 17.0. The van der Waals surface area contributed by atoms with Gasteiger partial charge in [-0.25, -0.2) is 0 Å². The molecule has 0 spiro atoms. The standard InChI is InChI=1S/C16H19ClN4O2/c1-4-7-18-16(22)12-5-6-15(21-20-12)19-13-8-10(2)11(17)9-14(13)23-3/h5-6,8-9H,4,7H2,1-3H3,(H,18,22)(H,19,21). The van der Waals surface area contributed by atoms with Crippen molar-refractivity contribution >= 4 is 29.0 Å². The quantitative estimate of drug-likeness (QED) is 0.847. The van der Waals surface area contributed by atoms with E-state index in [1.165, 1.54) is 0 Å². The van der Waals surface area contributed by atoms with Gasteiger partial charge in [-0.2, -0.15) is 0 Å². The molecule has 2 aromatic rings. The number of hydrogen-bond donors (Lipinski definition) is 2. The molecule has 0 saturated carbocycles. The minimum Gasteiger partial charge on any atom is -0.495 e. The van der Waals surface area contributed by atoms with Crippen molar-refractivity contribution in [2.24, 2.45) is 0 Å². The summed E-state index contributed by atoms with van der Waals surface area (Å²) in [7, 11) is 1.57. The highest BCUT2D eigenvalue weighted by Gasteiger charge is 2.10. The summed E-state index contributed by atoms with van der Waals surface area (Å²) in [6, 6.07) is 6.91. The van der Waals surface area contributed by atoms with Gasteiger partial charge in [0, 0.05) is 17.6 Å². The average molecular weight is 335 g/mol. The maximum Gasteiger partial charge on any atom is 0.271 e. The Morgan fingerprint density at radius 2 is 2.09 bits per heavy atom. The summed E-state index contributed by atoms with van der Waals surface area (Å²) >= 11 is 6.08. The Kier molecular flexibility index (Phi) is 5.76. The number of nitrogens with one attached hydrogen (secondary N) is 2. The molecule has 0 atom stereocenters. The number of rotatable bonds is 6. The van der Waals surface area contributed by atoms with Crippen molar-refractivity contribution in [2.45, 2.75) is 20.3 Å². The smallest absolute Gasteiger partial charge is 0.271 e. The van der Waals surface area contributed by atoms with Crippen molar-refractivity contribution in [1.29, 1.82) is 0 Å². The number of aromatic nitrogens is 2. The minimum absolute atomic E-state index is 0.231. The van der Waals surface area contributed by atoms with Crippen molar-refractivity contribution in [3.05, 3.63) is 40.5 Å². The molecule has 7 heteroatoms. The Balaban J connectivity index is 2.15. The van der Waals surface area contributed by atoms with Crippen molar-refractivity contribution < 1.29 is 9.53 Å². The second kappa shape index (κ2) is 7.78. The molecule has 122 valence electrons. The lowest BCUT2D eigenvalue weighted by Crippen LogP contribution is -2.25. The molecule has 1 aromatic carbocycles. The van der Waals surface area contributed by atoms with Crippen LogP contribution in [0.3, 0.4) is 0 Å². The van der Waals surface area contributed by atoms with Crippen molar-refractivity contribution in [1.82, 2.24) is 15.5 Å². The molecule has 0 radical (unpaired) electrons. The molecule has 0 unspecified atom stereocenters. The summed E-state index contributed by atoms with van der Waals surface area (Å²) in [6.45, 7) is 4.50. The predicted molar refractivity (Wildman–Crippen MR) is 90.7 cm³/mol. The van der Waals surface area contributed by atoms with Gasteiger partial charge in [0.05, 0.1) is 12.8 Å². The maximum atomic E-state index is 11.8. The number of carbonyl (C=O) groups excluding carboxylic acids is 1. The van der Waals surface area contributed by atoms with E-state index in [0.29, 0.717) is 23.1 Å². The van der Waals surface area contributed by atoms with Crippen LogP contribution in [-0.4, -0.2) is 29.8 Å².